The topological polar surface area (TPSA) is 64.9 Å². The van der Waals surface area contributed by atoms with Crippen LogP contribution in [0.2, 0.25) is 0 Å². The molecule has 4 rings (SSSR count). The quantitative estimate of drug-likeness (QED) is 0.900. The van der Waals surface area contributed by atoms with E-state index < -0.39 is 0 Å². The van der Waals surface area contributed by atoms with Crippen LogP contribution in [0.3, 0.4) is 0 Å². The third kappa shape index (κ3) is 1.88. The lowest BCUT2D eigenvalue weighted by Crippen LogP contribution is -2.31. The van der Waals surface area contributed by atoms with Crippen LogP contribution in [0.15, 0.2) is 30.3 Å². The van der Waals surface area contributed by atoms with E-state index in [1.54, 1.807) is 4.68 Å². The lowest BCUT2D eigenvalue weighted by molar-refractivity contribution is 0.102. The van der Waals surface area contributed by atoms with E-state index in [9.17, 15) is 0 Å². The van der Waals surface area contributed by atoms with Crippen LogP contribution < -0.4 is 5.32 Å². The molecule has 3 heterocycles. The van der Waals surface area contributed by atoms with Crippen LogP contribution in [0.25, 0.3) is 5.69 Å². The second-order valence-electron chi connectivity index (χ2n) is 5.11. The predicted molar refractivity (Wildman–Crippen MR) is 69.1 cm³/mol. The molecule has 0 radical (unpaired) electrons. The number of fused-ring (bicyclic) bond motifs is 2. The van der Waals surface area contributed by atoms with Crippen molar-refractivity contribution >= 4 is 5.95 Å². The standard InChI is InChI=1S/C13H15N5O/c1-2-4-9(5-3-1)18-13(15-16-17-18)14-11-8-10-6-7-12(11)19-10/h1-5,10-12H,6-8H2,(H,14,15,17). The molecule has 0 amide bonds. The SMILES string of the molecule is c1ccc(-n2nnnc2NC2CC3CCC2O3)cc1. The van der Waals surface area contributed by atoms with Crippen LogP contribution in [0, 0.1) is 0 Å². The van der Waals surface area contributed by atoms with Crippen molar-refractivity contribution in [3.63, 3.8) is 0 Å². The second-order valence-corrected chi connectivity index (χ2v) is 5.11. The molecule has 6 nitrogen and oxygen atoms in total. The highest BCUT2D eigenvalue weighted by molar-refractivity contribution is 5.39. The minimum absolute atomic E-state index is 0.311. The molecule has 2 fully saturated rings. The third-order valence-corrected chi connectivity index (χ3v) is 3.89. The lowest BCUT2D eigenvalue weighted by atomic mass is 9.96. The van der Waals surface area contributed by atoms with E-state index >= 15 is 0 Å². The number of para-hydroxylation sites is 1. The van der Waals surface area contributed by atoms with Crippen LogP contribution in [0.5, 0.6) is 0 Å². The fourth-order valence-electron chi connectivity index (χ4n) is 2.98. The fourth-order valence-corrected chi connectivity index (χ4v) is 2.98. The molecular weight excluding hydrogens is 242 g/mol. The first-order chi connectivity index (χ1) is 9.40. The van der Waals surface area contributed by atoms with E-state index in [-0.39, 0.29) is 0 Å². The molecule has 19 heavy (non-hydrogen) atoms. The summed E-state index contributed by atoms with van der Waals surface area (Å²) in [5.41, 5.74) is 0.957. The van der Waals surface area contributed by atoms with Crippen molar-refractivity contribution in [1.82, 2.24) is 20.2 Å². The average molecular weight is 257 g/mol. The maximum absolute atomic E-state index is 5.84. The molecule has 3 atom stereocenters. The van der Waals surface area contributed by atoms with E-state index in [0.29, 0.717) is 24.2 Å². The molecule has 1 N–H and O–H groups in total. The summed E-state index contributed by atoms with van der Waals surface area (Å²) in [6, 6.07) is 10.2. The smallest absolute Gasteiger partial charge is 0.248 e. The molecule has 2 saturated heterocycles. The van der Waals surface area contributed by atoms with E-state index in [4.69, 9.17) is 4.74 Å². The van der Waals surface area contributed by atoms with E-state index in [2.05, 4.69) is 20.8 Å². The van der Waals surface area contributed by atoms with E-state index in [1.165, 1.54) is 6.42 Å². The Balaban J connectivity index is 1.58. The molecular formula is C13H15N5O. The van der Waals surface area contributed by atoms with Gasteiger partial charge >= 0.3 is 0 Å². The summed E-state index contributed by atoms with van der Waals surface area (Å²) in [5.74, 6) is 0.687. The van der Waals surface area contributed by atoms with Crippen LogP contribution >= 0.6 is 0 Å². The molecule has 2 aliphatic heterocycles. The first kappa shape index (κ1) is 10.9. The van der Waals surface area contributed by atoms with Crippen LogP contribution in [-0.4, -0.2) is 38.5 Å². The van der Waals surface area contributed by atoms with Crippen LogP contribution in [-0.2, 0) is 4.74 Å². The van der Waals surface area contributed by atoms with E-state index in [1.807, 2.05) is 30.3 Å². The number of hydrogen-bond acceptors (Lipinski definition) is 5. The van der Waals surface area contributed by atoms with E-state index in [0.717, 1.165) is 18.5 Å². The highest BCUT2D eigenvalue weighted by atomic mass is 16.5. The number of rotatable bonds is 3. The monoisotopic (exact) mass is 257 g/mol. The van der Waals surface area contributed by atoms with Gasteiger partial charge in [-0.3, -0.25) is 0 Å². The third-order valence-electron chi connectivity index (χ3n) is 3.89. The number of anilines is 1. The number of hydrogen-bond donors (Lipinski definition) is 1. The van der Waals surface area contributed by atoms with Crippen molar-refractivity contribution in [1.29, 1.82) is 0 Å². The molecule has 0 saturated carbocycles. The Morgan fingerprint density at radius 3 is 2.84 bits per heavy atom. The summed E-state index contributed by atoms with van der Waals surface area (Å²) in [7, 11) is 0. The highest BCUT2D eigenvalue weighted by Crippen LogP contribution is 2.35. The number of ether oxygens (including phenoxy) is 1. The van der Waals surface area contributed by atoms with Gasteiger partial charge in [-0.1, -0.05) is 23.3 Å². The van der Waals surface area contributed by atoms with Gasteiger partial charge in [0.2, 0.25) is 5.95 Å². The van der Waals surface area contributed by atoms with Crippen molar-refractivity contribution in [2.45, 2.75) is 37.5 Å². The van der Waals surface area contributed by atoms with Gasteiger partial charge in [0.25, 0.3) is 0 Å². The van der Waals surface area contributed by atoms with Crippen molar-refractivity contribution in [3.8, 4) is 5.69 Å². The number of nitrogens with one attached hydrogen (secondary N) is 1. The normalized spacial score (nSPS) is 28.7. The number of tetrazole rings is 1. The van der Waals surface area contributed by atoms with Gasteiger partial charge in [-0.05, 0) is 41.8 Å². The highest BCUT2D eigenvalue weighted by Gasteiger charge is 2.41. The first-order valence-corrected chi connectivity index (χ1v) is 6.66. The molecule has 2 aromatic rings. The van der Waals surface area contributed by atoms with Gasteiger partial charge < -0.3 is 10.1 Å². The van der Waals surface area contributed by atoms with Gasteiger partial charge in [-0.15, -0.1) is 0 Å². The van der Waals surface area contributed by atoms with Gasteiger partial charge in [0.05, 0.1) is 23.9 Å². The van der Waals surface area contributed by atoms with Crippen molar-refractivity contribution < 1.29 is 4.74 Å². The maximum atomic E-state index is 5.84. The summed E-state index contributed by atoms with van der Waals surface area (Å²) in [6.45, 7) is 0. The Kier molecular flexibility index (Phi) is 2.48. The predicted octanol–water partition coefficient (Wildman–Crippen LogP) is 1.39. The molecule has 3 unspecified atom stereocenters. The largest absolute Gasteiger partial charge is 0.373 e. The van der Waals surface area contributed by atoms with Gasteiger partial charge in [0, 0.05) is 0 Å². The van der Waals surface area contributed by atoms with Crippen molar-refractivity contribution in [2.24, 2.45) is 0 Å². The minimum atomic E-state index is 0.311. The number of benzene rings is 1. The lowest BCUT2D eigenvalue weighted by Gasteiger charge is -2.20. The Bertz CT molecular complexity index is 569. The summed E-state index contributed by atoms with van der Waals surface area (Å²) in [6.07, 6.45) is 4.10. The Morgan fingerprint density at radius 1 is 1.21 bits per heavy atom. The number of aromatic nitrogens is 4. The molecule has 2 bridgehead atoms. The summed E-state index contributed by atoms with van der Waals surface area (Å²) < 4.78 is 7.57. The minimum Gasteiger partial charge on any atom is -0.373 e. The molecule has 6 heteroatoms. The molecule has 98 valence electrons. The van der Waals surface area contributed by atoms with Gasteiger partial charge in [0.15, 0.2) is 0 Å². The zero-order valence-electron chi connectivity index (χ0n) is 10.4. The number of nitrogens with zero attached hydrogens (tertiary/aromatic N) is 4. The zero-order chi connectivity index (χ0) is 12.7. The molecule has 1 aromatic carbocycles. The van der Waals surface area contributed by atoms with Crippen molar-refractivity contribution in [3.05, 3.63) is 30.3 Å². The molecule has 2 aliphatic rings. The van der Waals surface area contributed by atoms with Crippen LogP contribution in [0.1, 0.15) is 19.3 Å². The Labute approximate surface area is 110 Å². The molecule has 0 spiro atoms. The summed E-state index contributed by atoms with van der Waals surface area (Å²) in [4.78, 5) is 0. The van der Waals surface area contributed by atoms with Gasteiger partial charge in [-0.25, -0.2) is 0 Å². The van der Waals surface area contributed by atoms with Gasteiger partial charge in [0.1, 0.15) is 0 Å². The van der Waals surface area contributed by atoms with Crippen LogP contribution in [0.4, 0.5) is 5.95 Å². The molecule has 0 aliphatic carbocycles. The summed E-state index contributed by atoms with van der Waals surface area (Å²) in [5, 5.41) is 15.3. The Hall–Kier alpha value is -1.95. The van der Waals surface area contributed by atoms with Crippen molar-refractivity contribution in [2.75, 3.05) is 5.32 Å². The average Bonchev–Trinajstić information content (AvgIpc) is 3.16. The first-order valence-electron chi connectivity index (χ1n) is 6.66. The fraction of sp³-hybridized carbons (Fsp3) is 0.462. The Morgan fingerprint density at radius 2 is 2.11 bits per heavy atom. The molecule has 1 aromatic heterocycles. The second kappa shape index (κ2) is 4.31. The maximum Gasteiger partial charge on any atom is 0.248 e. The summed E-state index contributed by atoms with van der Waals surface area (Å²) >= 11 is 0. The zero-order valence-corrected chi connectivity index (χ0v) is 10.4. The van der Waals surface area contributed by atoms with Gasteiger partial charge in [-0.2, -0.15) is 4.68 Å².